The minimum absolute atomic E-state index is 0.0180. The lowest BCUT2D eigenvalue weighted by Crippen LogP contribution is -2.47. The Morgan fingerprint density at radius 3 is 2.25 bits per heavy atom. The molecule has 0 saturated carbocycles. The Balaban J connectivity index is 1.69. The first kappa shape index (κ1) is 26.0. The maximum absolute atomic E-state index is 14.1. The van der Waals surface area contributed by atoms with Gasteiger partial charge in [-0.1, -0.05) is 71.9 Å². The van der Waals surface area contributed by atoms with Crippen LogP contribution in [0.2, 0.25) is 0 Å². The van der Waals surface area contributed by atoms with Gasteiger partial charge in [0.15, 0.2) is 5.69 Å². The van der Waals surface area contributed by atoms with Gasteiger partial charge in [-0.25, -0.2) is 19.3 Å². The highest BCUT2D eigenvalue weighted by molar-refractivity contribution is 6.10. The summed E-state index contributed by atoms with van der Waals surface area (Å²) in [4.78, 5) is 43.7. The Morgan fingerprint density at radius 2 is 1.55 bits per heavy atom. The zero-order valence-electron chi connectivity index (χ0n) is 21.6. The highest BCUT2D eigenvalue weighted by Gasteiger charge is 2.26. The number of nitrogens with one attached hydrogen (secondary N) is 1. The second kappa shape index (κ2) is 11.4. The summed E-state index contributed by atoms with van der Waals surface area (Å²) in [6.07, 6.45) is 0.657. The molecule has 0 aliphatic rings. The molecular formula is C29H24N6O5. The van der Waals surface area contributed by atoms with Gasteiger partial charge in [-0.2, -0.15) is 5.01 Å². The van der Waals surface area contributed by atoms with E-state index < -0.39 is 18.0 Å². The van der Waals surface area contributed by atoms with Crippen LogP contribution in [0, 0.1) is 0 Å². The molecule has 0 spiro atoms. The van der Waals surface area contributed by atoms with Gasteiger partial charge in [0.25, 0.3) is 5.91 Å². The number of hydrogen-bond donors (Lipinski definition) is 1. The van der Waals surface area contributed by atoms with Crippen molar-refractivity contribution in [3.63, 3.8) is 0 Å². The zero-order valence-corrected chi connectivity index (χ0v) is 21.6. The van der Waals surface area contributed by atoms with Crippen LogP contribution in [0.4, 0.5) is 10.5 Å². The molecule has 0 unspecified atom stereocenters. The molecule has 11 heteroatoms. The second-order valence-electron chi connectivity index (χ2n) is 8.57. The van der Waals surface area contributed by atoms with Crippen LogP contribution in [0.3, 0.4) is 0 Å². The maximum Gasteiger partial charge on any atom is 0.433 e. The molecule has 5 aromatic rings. The maximum atomic E-state index is 14.1. The van der Waals surface area contributed by atoms with E-state index in [1.165, 1.54) is 25.1 Å². The normalized spacial score (nSPS) is 10.7. The Kier molecular flexibility index (Phi) is 7.45. The molecule has 40 heavy (non-hydrogen) atoms. The number of esters is 1. The van der Waals surface area contributed by atoms with Crippen LogP contribution in [-0.2, 0) is 16.0 Å². The van der Waals surface area contributed by atoms with Gasteiger partial charge in [-0.05, 0) is 18.2 Å². The number of aromatic nitrogens is 4. The topological polar surface area (TPSA) is 129 Å². The molecule has 0 fully saturated rings. The summed E-state index contributed by atoms with van der Waals surface area (Å²) >= 11 is 0. The Bertz CT molecular complexity index is 1690. The molecule has 1 N–H and O–H groups in total. The van der Waals surface area contributed by atoms with Crippen molar-refractivity contribution in [2.45, 2.75) is 6.54 Å². The highest BCUT2D eigenvalue weighted by Crippen LogP contribution is 2.31. The molecule has 200 valence electrons. The van der Waals surface area contributed by atoms with Crippen molar-refractivity contribution in [3.05, 3.63) is 108 Å². The Labute approximate surface area is 228 Å². The van der Waals surface area contributed by atoms with Crippen molar-refractivity contribution in [2.24, 2.45) is 0 Å². The summed E-state index contributed by atoms with van der Waals surface area (Å²) in [5.41, 5.74) is 5.77. The lowest BCUT2D eigenvalue weighted by Gasteiger charge is -2.23. The molecule has 2 aromatic heterocycles. The predicted molar refractivity (Wildman–Crippen MR) is 146 cm³/mol. The van der Waals surface area contributed by atoms with Crippen LogP contribution in [0.5, 0.6) is 0 Å². The molecule has 5 rings (SSSR count). The third kappa shape index (κ3) is 5.20. The second-order valence-corrected chi connectivity index (χ2v) is 8.57. The van der Waals surface area contributed by atoms with Crippen LogP contribution in [0.25, 0.3) is 22.2 Å². The molecule has 11 nitrogen and oxygen atoms in total. The van der Waals surface area contributed by atoms with E-state index in [1.807, 2.05) is 42.5 Å². The predicted octanol–water partition coefficient (Wildman–Crippen LogP) is 4.25. The minimum atomic E-state index is -0.776. The molecule has 2 amide bonds. The van der Waals surface area contributed by atoms with E-state index in [2.05, 4.69) is 15.7 Å². The largest absolute Gasteiger partial charge is 0.464 e. The average molecular weight is 537 g/mol. The van der Waals surface area contributed by atoms with E-state index in [0.29, 0.717) is 27.8 Å². The number of ether oxygens (including phenoxy) is 2. The highest BCUT2D eigenvalue weighted by atomic mass is 16.5. The zero-order chi connectivity index (χ0) is 28.1. The van der Waals surface area contributed by atoms with Gasteiger partial charge < -0.3 is 9.47 Å². The van der Waals surface area contributed by atoms with Crippen molar-refractivity contribution < 1.29 is 23.9 Å². The monoisotopic (exact) mass is 536 g/mol. The van der Waals surface area contributed by atoms with E-state index in [4.69, 9.17) is 14.5 Å². The molecule has 0 saturated heterocycles. The number of methoxy groups -OCH3 is 2. The van der Waals surface area contributed by atoms with E-state index in [-0.39, 0.29) is 17.8 Å². The average Bonchev–Trinajstić information content (AvgIpc) is 3.48. The molecule has 3 aromatic carbocycles. The SMILES string of the molecule is COC(=O)c1cn(Cc2c(-c3ccccc3)nc3ccccc3c2C(=O)NN(C(=O)OC)c2ccccc2)nn1. The summed E-state index contributed by atoms with van der Waals surface area (Å²) in [7, 11) is 2.49. The summed E-state index contributed by atoms with van der Waals surface area (Å²) in [5.74, 6) is -1.21. The van der Waals surface area contributed by atoms with Gasteiger partial charge in [0.2, 0.25) is 0 Å². The number of hydrogen-bond acceptors (Lipinski definition) is 8. The summed E-state index contributed by atoms with van der Waals surface area (Å²) in [5, 5.41) is 9.55. The first-order valence-electron chi connectivity index (χ1n) is 12.2. The fraction of sp³-hybridized carbons (Fsp3) is 0.103. The van der Waals surface area contributed by atoms with E-state index in [9.17, 15) is 14.4 Å². The molecule has 0 radical (unpaired) electrons. The first-order chi connectivity index (χ1) is 19.5. The van der Waals surface area contributed by atoms with Crippen molar-refractivity contribution in [1.82, 2.24) is 25.4 Å². The van der Waals surface area contributed by atoms with Gasteiger partial charge in [-0.3, -0.25) is 10.2 Å². The number of hydrazine groups is 1. The number of amides is 2. The van der Waals surface area contributed by atoms with Gasteiger partial charge in [0.05, 0.1) is 49.4 Å². The molecular weight excluding hydrogens is 512 g/mol. The molecule has 0 atom stereocenters. The van der Waals surface area contributed by atoms with Crippen LogP contribution < -0.4 is 10.4 Å². The van der Waals surface area contributed by atoms with Crippen LogP contribution >= 0.6 is 0 Å². The standard InChI is InChI=1S/C29H24N6O5/c1-39-28(37)24-18-34(33-31-24)17-22-25(27(36)32-35(29(38)40-2)20-13-7-4-8-14-20)21-15-9-10-16-23(21)30-26(22)19-11-5-3-6-12-19/h3-16,18H,17H2,1-2H3,(H,32,36). The minimum Gasteiger partial charge on any atom is -0.464 e. The number of fused-ring (bicyclic) bond motifs is 1. The summed E-state index contributed by atoms with van der Waals surface area (Å²) in [6.45, 7) is 0.0401. The number of para-hydroxylation sites is 2. The Morgan fingerprint density at radius 1 is 0.875 bits per heavy atom. The number of carbonyl (C=O) groups is 3. The number of pyridine rings is 1. The third-order valence-electron chi connectivity index (χ3n) is 6.11. The molecule has 0 bridgehead atoms. The van der Waals surface area contributed by atoms with Gasteiger partial charge in [0.1, 0.15) is 0 Å². The van der Waals surface area contributed by atoms with Crippen LogP contribution in [-0.4, -0.2) is 52.2 Å². The number of rotatable bonds is 6. The van der Waals surface area contributed by atoms with Gasteiger partial charge in [-0.15, -0.1) is 5.10 Å². The number of carbonyl (C=O) groups excluding carboxylic acids is 3. The Hall–Kier alpha value is -5.58. The lowest BCUT2D eigenvalue weighted by atomic mass is 9.96. The van der Waals surface area contributed by atoms with Crippen LogP contribution in [0.15, 0.2) is 91.1 Å². The van der Waals surface area contributed by atoms with E-state index in [0.717, 1.165) is 10.6 Å². The summed E-state index contributed by atoms with van der Waals surface area (Å²) < 4.78 is 11.1. The summed E-state index contributed by atoms with van der Waals surface area (Å²) in [6, 6.07) is 25.2. The van der Waals surface area contributed by atoms with Crippen LogP contribution in [0.1, 0.15) is 26.4 Å². The fourth-order valence-electron chi connectivity index (χ4n) is 4.28. The van der Waals surface area contributed by atoms with Crippen molar-refractivity contribution in [3.8, 4) is 11.3 Å². The van der Waals surface area contributed by atoms with Crippen molar-refractivity contribution in [1.29, 1.82) is 0 Å². The van der Waals surface area contributed by atoms with Crippen molar-refractivity contribution in [2.75, 3.05) is 19.2 Å². The quantitative estimate of drug-likeness (QED) is 0.252. The van der Waals surface area contributed by atoms with E-state index in [1.54, 1.807) is 42.5 Å². The third-order valence-corrected chi connectivity index (χ3v) is 6.11. The first-order valence-corrected chi connectivity index (χ1v) is 12.2. The number of anilines is 1. The van der Waals surface area contributed by atoms with Gasteiger partial charge in [0, 0.05) is 16.5 Å². The molecule has 0 aliphatic carbocycles. The fourth-order valence-corrected chi connectivity index (χ4v) is 4.28. The van der Waals surface area contributed by atoms with Gasteiger partial charge >= 0.3 is 12.1 Å². The smallest absolute Gasteiger partial charge is 0.433 e. The molecule has 0 aliphatic heterocycles. The molecule has 2 heterocycles. The lowest BCUT2D eigenvalue weighted by molar-refractivity contribution is 0.0593. The number of nitrogens with zero attached hydrogens (tertiary/aromatic N) is 5. The number of benzene rings is 3. The van der Waals surface area contributed by atoms with E-state index >= 15 is 0 Å². The van der Waals surface area contributed by atoms with Crippen molar-refractivity contribution >= 4 is 34.6 Å².